The number of hydrogen-bond donors (Lipinski definition) is 3. The zero-order valence-corrected chi connectivity index (χ0v) is 20.6. The summed E-state index contributed by atoms with van der Waals surface area (Å²) in [5, 5.41) is 23.7. The van der Waals surface area contributed by atoms with Crippen LogP contribution in [0.5, 0.6) is 0 Å². The van der Waals surface area contributed by atoms with Crippen LogP contribution in [0.15, 0.2) is 103 Å². The lowest BCUT2D eigenvalue weighted by atomic mass is 9.98. The van der Waals surface area contributed by atoms with Crippen LogP contribution >= 0.6 is 0 Å². The number of nitrogens with one attached hydrogen (secondary N) is 1. The molecular formula is C32H31NO4. The highest BCUT2D eigenvalue weighted by molar-refractivity contribution is 5.79. The molecule has 5 heteroatoms. The molecule has 5 nitrogen and oxygen atoms in total. The highest BCUT2D eigenvalue weighted by Gasteiger charge is 2.29. The van der Waals surface area contributed by atoms with Crippen LogP contribution in [-0.4, -0.2) is 35.6 Å². The van der Waals surface area contributed by atoms with Gasteiger partial charge in [0.2, 0.25) is 0 Å². The van der Waals surface area contributed by atoms with Gasteiger partial charge in [0.1, 0.15) is 12.7 Å². The lowest BCUT2D eigenvalue weighted by Crippen LogP contribution is -2.30. The van der Waals surface area contributed by atoms with Gasteiger partial charge in [-0.3, -0.25) is 0 Å². The fraction of sp³-hybridized carbons (Fsp3) is 0.219. The van der Waals surface area contributed by atoms with Crippen LogP contribution in [0, 0.1) is 0 Å². The van der Waals surface area contributed by atoms with E-state index in [1.807, 2.05) is 66.7 Å². The van der Waals surface area contributed by atoms with Crippen molar-refractivity contribution in [1.82, 2.24) is 5.32 Å². The van der Waals surface area contributed by atoms with Crippen molar-refractivity contribution in [3.8, 4) is 11.1 Å². The van der Waals surface area contributed by atoms with Crippen molar-refractivity contribution in [2.75, 3.05) is 13.2 Å². The van der Waals surface area contributed by atoms with Crippen molar-refractivity contribution in [2.45, 2.75) is 31.0 Å². The van der Waals surface area contributed by atoms with Crippen LogP contribution in [0.1, 0.15) is 46.3 Å². The summed E-state index contributed by atoms with van der Waals surface area (Å²) in [6.45, 7) is 0.432. The van der Waals surface area contributed by atoms with E-state index in [0.717, 1.165) is 23.1 Å². The second-order valence-electron chi connectivity index (χ2n) is 9.46. The van der Waals surface area contributed by atoms with E-state index >= 15 is 0 Å². The van der Waals surface area contributed by atoms with E-state index in [1.54, 1.807) is 0 Å². The van der Waals surface area contributed by atoms with E-state index in [4.69, 9.17) is 4.74 Å². The molecule has 0 fully saturated rings. The monoisotopic (exact) mass is 493 g/mol. The first-order chi connectivity index (χ1) is 18.1. The van der Waals surface area contributed by atoms with Crippen LogP contribution < -0.4 is 5.32 Å². The number of fused-ring (bicyclic) bond motifs is 3. The summed E-state index contributed by atoms with van der Waals surface area (Å²) in [5.41, 5.74) is 7.67. The van der Waals surface area contributed by atoms with Crippen molar-refractivity contribution in [3.63, 3.8) is 0 Å². The molecule has 1 aliphatic carbocycles. The van der Waals surface area contributed by atoms with Gasteiger partial charge in [0, 0.05) is 12.5 Å². The van der Waals surface area contributed by atoms with Gasteiger partial charge in [-0.15, -0.1) is 0 Å². The van der Waals surface area contributed by atoms with Gasteiger partial charge in [0.15, 0.2) is 0 Å². The summed E-state index contributed by atoms with van der Waals surface area (Å²) in [4.78, 5) is 12.4. The molecule has 188 valence electrons. The van der Waals surface area contributed by atoms with Gasteiger partial charge >= 0.3 is 6.09 Å². The zero-order valence-electron chi connectivity index (χ0n) is 20.6. The molecule has 1 amide bonds. The van der Waals surface area contributed by atoms with E-state index in [1.165, 1.54) is 16.7 Å². The third-order valence-corrected chi connectivity index (χ3v) is 6.99. The van der Waals surface area contributed by atoms with E-state index in [-0.39, 0.29) is 25.5 Å². The molecule has 0 saturated heterocycles. The Morgan fingerprint density at radius 1 is 0.757 bits per heavy atom. The molecule has 0 saturated carbocycles. The van der Waals surface area contributed by atoms with Gasteiger partial charge < -0.3 is 20.3 Å². The summed E-state index contributed by atoms with van der Waals surface area (Å²) in [7, 11) is 0. The molecule has 1 aliphatic rings. The standard InChI is InChI=1S/C32H31NO4/c34-30(31(35)24-16-14-23(15-17-24)20-22-8-2-1-3-9-22)18-19-33-32(36)37-21-29-27-12-6-4-10-25(27)26-11-5-7-13-28(26)29/h1-17,29-31,34-35H,18-21H2,(H,33,36). The van der Waals surface area contributed by atoms with E-state index in [9.17, 15) is 15.0 Å². The van der Waals surface area contributed by atoms with Crippen molar-refractivity contribution >= 4 is 6.09 Å². The summed E-state index contributed by atoms with van der Waals surface area (Å²) < 4.78 is 5.53. The van der Waals surface area contributed by atoms with Crippen LogP contribution in [0.4, 0.5) is 4.79 Å². The first-order valence-electron chi connectivity index (χ1n) is 12.7. The number of alkyl carbamates (subject to hydrolysis) is 1. The Labute approximate surface area is 217 Å². The number of benzene rings is 4. The van der Waals surface area contributed by atoms with Crippen molar-refractivity contribution in [1.29, 1.82) is 0 Å². The molecule has 3 N–H and O–H groups in total. The normalized spacial score (nSPS) is 13.9. The maximum Gasteiger partial charge on any atom is 0.407 e. The Morgan fingerprint density at radius 3 is 1.97 bits per heavy atom. The fourth-order valence-corrected chi connectivity index (χ4v) is 5.02. The number of carbonyl (C=O) groups excluding carboxylic acids is 1. The molecule has 0 radical (unpaired) electrons. The molecule has 0 aromatic heterocycles. The average Bonchev–Trinajstić information content (AvgIpc) is 3.26. The van der Waals surface area contributed by atoms with Crippen LogP contribution in [-0.2, 0) is 11.2 Å². The molecule has 0 heterocycles. The smallest absolute Gasteiger partial charge is 0.407 e. The highest BCUT2D eigenvalue weighted by Crippen LogP contribution is 2.44. The molecular weight excluding hydrogens is 462 g/mol. The third-order valence-electron chi connectivity index (χ3n) is 6.99. The predicted molar refractivity (Wildman–Crippen MR) is 144 cm³/mol. The molecule has 2 unspecified atom stereocenters. The first kappa shape index (κ1) is 24.8. The van der Waals surface area contributed by atoms with Crippen LogP contribution in [0.2, 0.25) is 0 Å². The summed E-state index contributed by atoms with van der Waals surface area (Å²) in [5.74, 6) is -0.00424. The van der Waals surface area contributed by atoms with Gasteiger partial charge in [-0.2, -0.15) is 0 Å². The third kappa shape index (κ3) is 5.74. The largest absolute Gasteiger partial charge is 0.449 e. The lowest BCUT2D eigenvalue weighted by molar-refractivity contribution is 0.0136. The maximum atomic E-state index is 12.4. The molecule has 37 heavy (non-hydrogen) atoms. The number of aliphatic hydroxyl groups excluding tert-OH is 2. The Morgan fingerprint density at radius 2 is 1.32 bits per heavy atom. The SMILES string of the molecule is O=C(NCCC(O)C(O)c1ccc(Cc2ccccc2)cc1)OCC1c2ccccc2-c2ccccc21. The molecule has 4 aromatic rings. The van der Waals surface area contributed by atoms with Crippen LogP contribution in [0.3, 0.4) is 0 Å². The second-order valence-corrected chi connectivity index (χ2v) is 9.46. The zero-order chi connectivity index (χ0) is 25.6. The molecule has 0 spiro atoms. The van der Waals surface area contributed by atoms with Crippen LogP contribution in [0.25, 0.3) is 11.1 Å². The maximum absolute atomic E-state index is 12.4. The minimum atomic E-state index is -1.03. The summed E-state index contributed by atoms with van der Waals surface area (Å²) in [6, 6.07) is 34.2. The van der Waals surface area contributed by atoms with Crippen molar-refractivity contribution < 1.29 is 19.7 Å². The predicted octanol–water partition coefficient (Wildman–Crippen LogP) is 5.60. The number of carbonyl (C=O) groups is 1. The van der Waals surface area contributed by atoms with Gasteiger partial charge in [0.25, 0.3) is 0 Å². The number of hydrogen-bond acceptors (Lipinski definition) is 4. The average molecular weight is 494 g/mol. The summed E-state index contributed by atoms with van der Waals surface area (Å²) >= 11 is 0. The Bertz CT molecular complexity index is 1290. The quantitative estimate of drug-likeness (QED) is 0.284. The Hall–Kier alpha value is -3.93. The topological polar surface area (TPSA) is 78.8 Å². The lowest BCUT2D eigenvalue weighted by Gasteiger charge is -2.19. The van der Waals surface area contributed by atoms with Crippen molar-refractivity contribution in [3.05, 3.63) is 131 Å². The second kappa shape index (κ2) is 11.4. The number of rotatable bonds is 9. The van der Waals surface area contributed by atoms with E-state index in [0.29, 0.717) is 5.56 Å². The first-order valence-corrected chi connectivity index (χ1v) is 12.7. The molecule has 0 bridgehead atoms. The minimum Gasteiger partial charge on any atom is -0.449 e. The Balaban J connectivity index is 1.08. The van der Waals surface area contributed by atoms with E-state index in [2.05, 4.69) is 41.7 Å². The number of ether oxygens (including phenoxy) is 1. The highest BCUT2D eigenvalue weighted by atomic mass is 16.5. The van der Waals surface area contributed by atoms with Gasteiger partial charge in [-0.25, -0.2) is 4.79 Å². The number of amides is 1. The fourth-order valence-electron chi connectivity index (χ4n) is 5.02. The molecule has 5 rings (SSSR count). The van der Waals surface area contributed by atoms with Gasteiger partial charge in [-0.1, -0.05) is 103 Å². The van der Waals surface area contributed by atoms with Crippen molar-refractivity contribution in [2.24, 2.45) is 0 Å². The Kier molecular flexibility index (Phi) is 7.64. The molecule has 2 atom stereocenters. The molecule has 0 aliphatic heterocycles. The number of aliphatic hydroxyl groups is 2. The summed E-state index contributed by atoms with van der Waals surface area (Å²) in [6.07, 6.45) is -1.56. The van der Waals surface area contributed by atoms with Gasteiger partial charge in [0.05, 0.1) is 6.10 Å². The van der Waals surface area contributed by atoms with Gasteiger partial charge in [-0.05, 0) is 51.8 Å². The minimum absolute atomic E-state index is 0.00424. The van der Waals surface area contributed by atoms with E-state index < -0.39 is 18.3 Å². The molecule has 4 aromatic carbocycles.